The molecule has 0 bridgehead atoms. The van der Waals surface area contributed by atoms with Gasteiger partial charge in [-0.3, -0.25) is 0 Å². The molecule has 0 aliphatic rings. The third kappa shape index (κ3) is 9.18. The van der Waals surface area contributed by atoms with Gasteiger partial charge in [0.1, 0.15) is 22.3 Å². The van der Waals surface area contributed by atoms with E-state index in [0.29, 0.717) is 0 Å². The van der Waals surface area contributed by atoms with Crippen LogP contribution < -0.4 is 0 Å². The Labute approximate surface area is 554 Å². The van der Waals surface area contributed by atoms with Crippen LogP contribution in [0.3, 0.4) is 0 Å². The van der Waals surface area contributed by atoms with Crippen molar-refractivity contribution in [2.45, 2.75) is 0 Å². The lowest BCUT2D eigenvalue weighted by atomic mass is 9.84. The summed E-state index contributed by atoms with van der Waals surface area (Å²) < 4.78 is 12.7. The monoisotopic (exact) mass is 1220 g/mol. The molecule has 0 spiro atoms. The number of benzene rings is 18. The fourth-order valence-corrected chi connectivity index (χ4v) is 15.4. The largest absolute Gasteiger partial charge is 0.456 e. The molecule has 18 aromatic carbocycles. The van der Waals surface area contributed by atoms with Gasteiger partial charge in [0.05, 0.1) is 0 Å². The Morgan fingerprint density at radius 3 is 1.06 bits per heavy atom. The van der Waals surface area contributed by atoms with Crippen molar-refractivity contribution >= 4 is 119 Å². The summed E-state index contributed by atoms with van der Waals surface area (Å²) in [6, 6.07) is 127. The average molecular weight is 1220 g/mol. The minimum Gasteiger partial charge on any atom is -0.456 e. The first-order valence-corrected chi connectivity index (χ1v) is 33.0. The molecule has 20 rings (SSSR count). The highest BCUT2D eigenvalue weighted by Gasteiger charge is 2.21. The van der Waals surface area contributed by atoms with Crippen LogP contribution in [0.5, 0.6) is 0 Å². The maximum atomic E-state index is 6.42. The first kappa shape index (κ1) is 55.1. The lowest BCUT2D eigenvalue weighted by molar-refractivity contribution is 0.669. The van der Waals surface area contributed by atoms with E-state index in [9.17, 15) is 0 Å². The summed E-state index contributed by atoms with van der Waals surface area (Å²) >= 11 is 0. The molecule has 96 heavy (non-hydrogen) atoms. The molecule has 0 N–H and O–H groups in total. The van der Waals surface area contributed by atoms with E-state index in [4.69, 9.17) is 8.83 Å². The standard InChI is InChI=1S/C48H30O.C46H28O/c1-2-11-31(12-3-1)32-21-23-33(24-22-32)47-39-17-6-8-19-41(39)48(42-20-9-7-18-40(42)47)38-16-10-15-34(27-38)37-25-26-45-43(29-37)44-28-35-13-4-5-14-36(35)30-46(44)49-45;1-3-16-34-29(11-1)13-10-22-36(34)45-39-20-7-5-18-37(39)44(38-19-6-8-21-40(38)45)33-15-9-14-31(27-33)32-24-26-43-42(28-32)41-25-23-30-12-2-4-17-35(30)46(41)47-43/h1-30H;1-28H. The molecule has 0 fully saturated rings. The predicted molar refractivity (Wildman–Crippen MR) is 408 cm³/mol. The van der Waals surface area contributed by atoms with Crippen LogP contribution in [0.15, 0.2) is 361 Å². The van der Waals surface area contributed by atoms with E-state index in [0.717, 1.165) is 49.3 Å². The topological polar surface area (TPSA) is 26.3 Å². The van der Waals surface area contributed by atoms with Gasteiger partial charge in [-0.25, -0.2) is 0 Å². The van der Waals surface area contributed by atoms with Crippen molar-refractivity contribution < 1.29 is 8.83 Å². The van der Waals surface area contributed by atoms with Crippen molar-refractivity contribution in [1.82, 2.24) is 0 Å². The minimum absolute atomic E-state index is 0.912. The van der Waals surface area contributed by atoms with E-state index in [1.165, 1.54) is 148 Å². The molecular formula is C94H58O2. The van der Waals surface area contributed by atoms with Gasteiger partial charge in [-0.2, -0.15) is 0 Å². The lowest BCUT2D eigenvalue weighted by Crippen LogP contribution is -1.92. The van der Waals surface area contributed by atoms with Gasteiger partial charge in [0.25, 0.3) is 0 Å². The van der Waals surface area contributed by atoms with Crippen molar-refractivity contribution in [1.29, 1.82) is 0 Å². The molecule has 0 atom stereocenters. The van der Waals surface area contributed by atoms with Crippen LogP contribution in [0.1, 0.15) is 0 Å². The number of fused-ring (bicyclic) bond motifs is 14. The summed E-state index contributed by atoms with van der Waals surface area (Å²) in [5.41, 5.74) is 20.9. The maximum absolute atomic E-state index is 6.42. The van der Waals surface area contributed by atoms with Gasteiger partial charge in [0.15, 0.2) is 0 Å². The molecule has 2 heteroatoms. The predicted octanol–water partition coefficient (Wildman–Crippen LogP) is 26.9. The van der Waals surface area contributed by atoms with Crippen molar-refractivity contribution in [3.05, 3.63) is 352 Å². The Hall–Kier alpha value is -12.6. The van der Waals surface area contributed by atoms with Gasteiger partial charge in [-0.05, 0) is 203 Å². The van der Waals surface area contributed by atoms with Crippen LogP contribution in [0.2, 0.25) is 0 Å². The van der Waals surface area contributed by atoms with Gasteiger partial charge in [-0.15, -0.1) is 0 Å². The Morgan fingerprint density at radius 2 is 0.500 bits per heavy atom. The summed E-state index contributed by atoms with van der Waals surface area (Å²) in [4.78, 5) is 0. The molecule has 2 heterocycles. The fourth-order valence-electron chi connectivity index (χ4n) is 15.4. The fraction of sp³-hybridized carbons (Fsp3) is 0. The van der Waals surface area contributed by atoms with Crippen LogP contribution in [0, 0.1) is 0 Å². The first-order valence-electron chi connectivity index (χ1n) is 33.0. The Bertz CT molecular complexity index is 6380. The molecule has 2 nitrogen and oxygen atoms in total. The summed E-state index contributed by atoms with van der Waals surface area (Å²) in [5, 5.41) is 21.9. The normalized spacial score (nSPS) is 11.8. The average Bonchev–Trinajstić information content (AvgIpc) is 1.21. The van der Waals surface area contributed by atoms with Gasteiger partial charge in [-0.1, -0.05) is 297 Å². The summed E-state index contributed by atoms with van der Waals surface area (Å²) in [5.74, 6) is 0. The number of hydrogen-bond acceptors (Lipinski definition) is 2. The van der Waals surface area contributed by atoms with Crippen molar-refractivity contribution in [3.8, 4) is 77.9 Å². The molecule has 0 saturated carbocycles. The van der Waals surface area contributed by atoms with Gasteiger partial charge < -0.3 is 8.83 Å². The van der Waals surface area contributed by atoms with E-state index in [2.05, 4.69) is 352 Å². The zero-order chi connectivity index (χ0) is 63.2. The molecule has 0 amide bonds. The third-order valence-electron chi connectivity index (χ3n) is 19.9. The SMILES string of the molecule is c1cc(-c2ccc3oc4c5ccccc5ccc4c3c2)cc(-c2c3ccccc3c(-c3cccc4ccccc34)c3ccccc23)c1.c1ccc(-c2ccc(-c3c4ccccc4c(-c4cccc(-c5ccc6oc7cc8ccccc8cc7c6c5)c4)c4ccccc34)cc2)cc1. The summed E-state index contributed by atoms with van der Waals surface area (Å²) in [6.45, 7) is 0. The molecule has 446 valence electrons. The highest BCUT2D eigenvalue weighted by Crippen LogP contribution is 2.48. The summed E-state index contributed by atoms with van der Waals surface area (Å²) in [7, 11) is 0. The molecular weight excluding hydrogens is 1160 g/mol. The molecule has 2 aromatic heterocycles. The van der Waals surface area contributed by atoms with Gasteiger partial charge >= 0.3 is 0 Å². The second-order valence-corrected chi connectivity index (χ2v) is 25.3. The molecule has 0 saturated heterocycles. The number of rotatable bonds is 7. The van der Waals surface area contributed by atoms with Crippen LogP contribution in [-0.4, -0.2) is 0 Å². The van der Waals surface area contributed by atoms with Crippen LogP contribution in [-0.2, 0) is 0 Å². The molecule has 0 aliphatic carbocycles. The quantitative estimate of drug-likeness (QED) is 0.149. The zero-order valence-corrected chi connectivity index (χ0v) is 52.3. The van der Waals surface area contributed by atoms with Crippen molar-refractivity contribution in [2.75, 3.05) is 0 Å². The number of hydrogen-bond donors (Lipinski definition) is 0. The van der Waals surface area contributed by atoms with E-state index < -0.39 is 0 Å². The minimum atomic E-state index is 0.912. The Balaban J connectivity index is 0.000000135. The lowest BCUT2D eigenvalue weighted by Gasteiger charge is -2.19. The highest BCUT2D eigenvalue weighted by atomic mass is 16.3. The van der Waals surface area contributed by atoms with E-state index in [1.54, 1.807) is 0 Å². The first-order chi connectivity index (χ1) is 47.6. The second kappa shape index (κ2) is 22.6. The Morgan fingerprint density at radius 1 is 0.146 bits per heavy atom. The van der Waals surface area contributed by atoms with Gasteiger partial charge in [0, 0.05) is 26.9 Å². The summed E-state index contributed by atoms with van der Waals surface area (Å²) in [6.07, 6.45) is 0. The van der Waals surface area contributed by atoms with Crippen molar-refractivity contribution in [2.24, 2.45) is 0 Å². The molecule has 0 unspecified atom stereocenters. The van der Waals surface area contributed by atoms with Crippen LogP contribution in [0.4, 0.5) is 0 Å². The van der Waals surface area contributed by atoms with Gasteiger partial charge in [0.2, 0.25) is 0 Å². The third-order valence-corrected chi connectivity index (χ3v) is 19.9. The number of furan rings is 2. The Kier molecular flexibility index (Phi) is 13.0. The molecule has 20 aromatic rings. The van der Waals surface area contributed by atoms with Crippen molar-refractivity contribution in [3.63, 3.8) is 0 Å². The molecule has 0 radical (unpaired) electrons. The second-order valence-electron chi connectivity index (χ2n) is 25.3. The zero-order valence-electron chi connectivity index (χ0n) is 52.3. The molecule has 0 aliphatic heterocycles. The van der Waals surface area contributed by atoms with Crippen LogP contribution >= 0.6 is 0 Å². The highest BCUT2D eigenvalue weighted by molar-refractivity contribution is 6.25. The van der Waals surface area contributed by atoms with Crippen LogP contribution in [0.25, 0.3) is 197 Å². The van der Waals surface area contributed by atoms with E-state index >= 15 is 0 Å². The smallest absolute Gasteiger partial charge is 0.143 e. The maximum Gasteiger partial charge on any atom is 0.143 e. The van der Waals surface area contributed by atoms with E-state index in [-0.39, 0.29) is 0 Å². The van der Waals surface area contributed by atoms with E-state index in [1.807, 2.05) is 0 Å².